The highest BCUT2D eigenvalue weighted by Gasteiger charge is 2.28. The smallest absolute Gasteiger partial charge is 0.410 e. The molecule has 0 spiro atoms. The van der Waals surface area contributed by atoms with Crippen molar-refractivity contribution in [2.45, 2.75) is 39.7 Å². The quantitative estimate of drug-likeness (QED) is 0.871. The van der Waals surface area contributed by atoms with E-state index in [-0.39, 0.29) is 11.7 Å². The number of rotatable bonds is 2. The molecule has 136 valence electrons. The first-order valence-electron chi connectivity index (χ1n) is 8.48. The number of H-pyrrole nitrogens is 1. The molecule has 0 bridgehead atoms. The predicted molar refractivity (Wildman–Crippen MR) is 93.0 cm³/mol. The standard InChI is InChI=1S/C16H24N6O3/c1-5-11-12(13(23)22-14(19-11)17-10-18-22)20-6-8-21(9-7-20)15(24)25-16(2,3)4/h10H,5-9H2,1-4H3,(H,17,18,19). The third-order valence-electron chi connectivity index (χ3n) is 4.06. The van der Waals surface area contributed by atoms with Gasteiger partial charge in [0, 0.05) is 26.2 Å². The SMILES string of the molecule is CCc1nc2nc[nH]n2c(=O)c1N1CCN(C(=O)OC(C)(C)C)CC1. The largest absolute Gasteiger partial charge is 0.444 e. The number of carbonyl (C=O) groups is 1. The molecular formula is C16H24N6O3. The highest BCUT2D eigenvalue weighted by Crippen LogP contribution is 2.18. The van der Waals surface area contributed by atoms with Gasteiger partial charge in [-0.1, -0.05) is 6.92 Å². The Kier molecular flexibility index (Phi) is 4.40. The van der Waals surface area contributed by atoms with E-state index in [4.69, 9.17) is 4.74 Å². The second-order valence-corrected chi connectivity index (χ2v) is 7.04. The van der Waals surface area contributed by atoms with E-state index in [0.29, 0.717) is 44.1 Å². The summed E-state index contributed by atoms with van der Waals surface area (Å²) >= 11 is 0. The third kappa shape index (κ3) is 3.45. The lowest BCUT2D eigenvalue weighted by atomic mass is 10.2. The van der Waals surface area contributed by atoms with Crippen molar-refractivity contribution >= 4 is 17.6 Å². The lowest BCUT2D eigenvalue weighted by Crippen LogP contribution is -2.51. The summed E-state index contributed by atoms with van der Waals surface area (Å²) in [5, 5.41) is 2.79. The number of carbonyl (C=O) groups excluding carboxylic acids is 1. The molecule has 2 aromatic rings. The molecule has 0 unspecified atom stereocenters. The van der Waals surface area contributed by atoms with Crippen LogP contribution in [0, 0.1) is 0 Å². The maximum Gasteiger partial charge on any atom is 0.410 e. The zero-order chi connectivity index (χ0) is 18.2. The van der Waals surface area contributed by atoms with E-state index in [1.807, 2.05) is 32.6 Å². The molecule has 1 saturated heterocycles. The number of hydrogen-bond acceptors (Lipinski definition) is 6. The van der Waals surface area contributed by atoms with E-state index in [1.165, 1.54) is 10.8 Å². The molecule has 0 saturated carbocycles. The van der Waals surface area contributed by atoms with E-state index in [0.717, 1.165) is 5.69 Å². The van der Waals surface area contributed by atoms with Gasteiger partial charge < -0.3 is 14.5 Å². The van der Waals surface area contributed by atoms with Gasteiger partial charge in [0.15, 0.2) is 0 Å². The highest BCUT2D eigenvalue weighted by atomic mass is 16.6. The number of aryl methyl sites for hydroxylation is 1. The normalized spacial score (nSPS) is 15.7. The van der Waals surface area contributed by atoms with Crippen LogP contribution in [0.2, 0.25) is 0 Å². The minimum atomic E-state index is -0.516. The Morgan fingerprint density at radius 3 is 2.56 bits per heavy atom. The van der Waals surface area contributed by atoms with Crippen molar-refractivity contribution in [1.82, 2.24) is 24.5 Å². The van der Waals surface area contributed by atoms with Crippen molar-refractivity contribution < 1.29 is 9.53 Å². The van der Waals surface area contributed by atoms with Gasteiger partial charge >= 0.3 is 6.09 Å². The molecule has 1 fully saturated rings. The third-order valence-corrected chi connectivity index (χ3v) is 4.06. The summed E-state index contributed by atoms with van der Waals surface area (Å²) in [5.41, 5.74) is 0.624. The zero-order valence-electron chi connectivity index (χ0n) is 15.1. The summed E-state index contributed by atoms with van der Waals surface area (Å²) in [6.07, 6.45) is 1.77. The highest BCUT2D eigenvalue weighted by molar-refractivity contribution is 5.68. The number of ether oxygens (including phenoxy) is 1. The van der Waals surface area contributed by atoms with Gasteiger partial charge in [0.2, 0.25) is 0 Å². The summed E-state index contributed by atoms with van der Waals surface area (Å²) in [6, 6.07) is 0. The van der Waals surface area contributed by atoms with Crippen molar-refractivity contribution in [2.75, 3.05) is 31.1 Å². The fourth-order valence-electron chi connectivity index (χ4n) is 2.89. The van der Waals surface area contributed by atoms with Crippen LogP contribution in [0.3, 0.4) is 0 Å². The Labute approximate surface area is 145 Å². The Balaban J connectivity index is 1.79. The van der Waals surface area contributed by atoms with E-state index in [1.54, 1.807) is 4.90 Å². The fourth-order valence-corrected chi connectivity index (χ4v) is 2.89. The molecule has 0 aromatic carbocycles. The minimum absolute atomic E-state index is 0.162. The van der Waals surface area contributed by atoms with Gasteiger partial charge in [-0.3, -0.25) is 9.89 Å². The van der Waals surface area contributed by atoms with E-state index >= 15 is 0 Å². The molecule has 3 rings (SSSR count). The molecule has 1 N–H and O–H groups in total. The number of amides is 1. The van der Waals surface area contributed by atoms with Crippen molar-refractivity contribution in [3.63, 3.8) is 0 Å². The number of nitrogens with one attached hydrogen (secondary N) is 1. The van der Waals surface area contributed by atoms with E-state index in [9.17, 15) is 9.59 Å². The Bertz CT molecular complexity index is 826. The van der Waals surface area contributed by atoms with Crippen molar-refractivity contribution in [1.29, 1.82) is 0 Å². The van der Waals surface area contributed by atoms with Gasteiger partial charge in [0.05, 0.1) is 5.69 Å². The van der Waals surface area contributed by atoms with E-state index in [2.05, 4.69) is 15.1 Å². The molecule has 1 aliphatic heterocycles. The average Bonchev–Trinajstić information content (AvgIpc) is 3.02. The molecule has 1 amide bonds. The number of aromatic amines is 1. The van der Waals surface area contributed by atoms with Gasteiger partial charge in [-0.15, -0.1) is 0 Å². The lowest BCUT2D eigenvalue weighted by Gasteiger charge is -2.36. The molecule has 0 aliphatic carbocycles. The van der Waals surface area contributed by atoms with Gasteiger partial charge in [0.25, 0.3) is 11.3 Å². The fraction of sp³-hybridized carbons (Fsp3) is 0.625. The Morgan fingerprint density at radius 1 is 1.28 bits per heavy atom. The number of nitrogens with zero attached hydrogens (tertiary/aromatic N) is 5. The molecule has 9 heteroatoms. The maximum absolute atomic E-state index is 12.8. The Morgan fingerprint density at radius 2 is 1.96 bits per heavy atom. The van der Waals surface area contributed by atoms with Crippen molar-refractivity contribution in [3.05, 3.63) is 22.4 Å². The van der Waals surface area contributed by atoms with Crippen LogP contribution in [0.5, 0.6) is 0 Å². The summed E-state index contributed by atoms with van der Waals surface area (Å²) in [6.45, 7) is 9.63. The Hall–Kier alpha value is -2.58. The number of hydrogen-bond donors (Lipinski definition) is 1. The van der Waals surface area contributed by atoms with Crippen LogP contribution in [-0.2, 0) is 11.2 Å². The average molecular weight is 348 g/mol. The summed E-state index contributed by atoms with van der Waals surface area (Å²) in [4.78, 5) is 37.1. The first-order valence-corrected chi connectivity index (χ1v) is 8.48. The van der Waals surface area contributed by atoms with Crippen LogP contribution in [-0.4, -0.2) is 62.4 Å². The summed E-state index contributed by atoms with van der Waals surface area (Å²) < 4.78 is 6.75. The maximum atomic E-state index is 12.8. The monoisotopic (exact) mass is 348 g/mol. The molecule has 25 heavy (non-hydrogen) atoms. The molecule has 0 radical (unpaired) electrons. The molecule has 9 nitrogen and oxygen atoms in total. The zero-order valence-corrected chi connectivity index (χ0v) is 15.1. The van der Waals surface area contributed by atoms with Crippen molar-refractivity contribution in [2.24, 2.45) is 0 Å². The van der Waals surface area contributed by atoms with Crippen LogP contribution >= 0.6 is 0 Å². The van der Waals surface area contributed by atoms with Crippen LogP contribution in [0.25, 0.3) is 5.78 Å². The van der Waals surface area contributed by atoms with Crippen LogP contribution in [0.15, 0.2) is 11.1 Å². The molecule has 1 aliphatic rings. The van der Waals surface area contributed by atoms with Gasteiger partial charge in [-0.05, 0) is 27.2 Å². The molecule has 3 heterocycles. The van der Waals surface area contributed by atoms with E-state index < -0.39 is 5.60 Å². The second-order valence-electron chi connectivity index (χ2n) is 7.04. The number of fused-ring (bicyclic) bond motifs is 1. The van der Waals surface area contributed by atoms with Gasteiger partial charge in [-0.25, -0.2) is 14.8 Å². The first kappa shape index (κ1) is 17.2. The van der Waals surface area contributed by atoms with Crippen LogP contribution < -0.4 is 10.5 Å². The number of piperazine rings is 1. The minimum Gasteiger partial charge on any atom is -0.444 e. The predicted octanol–water partition coefficient (Wildman–Crippen LogP) is 1.04. The summed E-state index contributed by atoms with van der Waals surface area (Å²) in [5.74, 6) is 0.373. The number of aromatic nitrogens is 4. The molecular weight excluding hydrogens is 324 g/mol. The lowest BCUT2D eigenvalue weighted by molar-refractivity contribution is 0.0240. The van der Waals surface area contributed by atoms with Crippen molar-refractivity contribution in [3.8, 4) is 0 Å². The van der Waals surface area contributed by atoms with Gasteiger partial charge in [-0.2, -0.15) is 4.52 Å². The first-order chi connectivity index (χ1) is 11.8. The topological polar surface area (TPSA) is 95.8 Å². The summed E-state index contributed by atoms with van der Waals surface area (Å²) in [7, 11) is 0. The van der Waals surface area contributed by atoms with Crippen LogP contribution in [0.4, 0.5) is 10.5 Å². The van der Waals surface area contributed by atoms with Gasteiger partial charge in [0.1, 0.15) is 17.6 Å². The second kappa shape index (κ2) is 6.38. The van der Waals surface area contributed by atoms with Crippen LogP contribution in [0.1, 0.15) is 33.4 Å². The number of anilines is 1. The molecule has 2 aromatic heterocycles. The molecule has 0 atom stereocenters.